The third-order valence-corrected chi connectivity index (χ3v) is 2.10. The Morgan fingerprint density at radius 2 is 1.88 bits per heavy atom. The van der Waals surface area contributed by atoms with Crippen LogP contribution in [-0.4, -0.2) is 37.6 Å². The van der Waals surface area contributed by atoms with Gasteiger partial charge in [-0.2, -0.15) is 0 Å². The molecule has 0 aromatic rings. The molecule has 0 rings (SSSR count). The van der Waals surface area contributed by atoms with Gasteiger partial charge in [-0.25, -0.2) is 4.79 Å². The van der Waals surface area contributed by atoms with Crippen LogP contribution in [0, 0.1) is 0 Å². The molecule has 6 nitrogen and oxygen atoms in total. The van der Waals surface area contributed by atoms with E-state index in [0.717, 1.165) is 12.8 Å². The Balaban J connectivity index is 3.51. The van der Waals surface area contributed by atoms with Crippen LogP contribution in [0.2, 0.25) is 0 Å². The highest BCUT2D eigenvalue weighted by Gasteiger charge is 2.10. The summed E-state index contributed by atoms with van der Waals surface area (Å²) in [5, 5.41) is 8.24. The number of amides is 3. The van der Waals surface area contributed by atoms with Crippen molar-refractivity contribution in [2.45, 2.75) is 32.7 Å². The topological polar surface area (TPSA) is 96.2 Å². The normalized spacial score (nSPS) is 11.9. The lowest BCUT2D eigenvalue weighted by atomic mass is 10.3. The highest BCUT2D eigenvalue weighted by Crippen LogP contribution is 1.85. The van der Waals surface area contributed by atoms with Crippen molar-refractivity contribution in [1.82, 2.24) is 16.0 Å². The van der Waals surface area contributed by atoms with Crippen molar-refractivity contribution < 1.29 is 9.59 Å². The summed E-state index contributed by atoms with van der Waals surface area (Å²) in [6, 6.07) is -0.812. The van der Waals surface area contributed by atoms with Gasteiger partial charge in [-0.05, 0) is 13.3 Å². The molecule has 0 aromatic carbocycles. The number of nitrogens with two attached hydrogens (primary N) is 1. The fourth-order valence-corrected chi connectivity index (χ4v) is 1.11. The van der Waals surface area contributed by atoms with Gasteiger partial charge in [-0.1, -0.05) is 13.3 Å². The molecule has 0 spiro atoms. The lowest BCUT2D eigenvalue weighted by molar-refractivity contribution is -0.122. The zero-order valence-corrected chi connectivity index (χ0v) is 10.0. The molecule has 1 unspecified atom stereocenters. The van der Waals surface area contributed by atoms with Gasteiger partial charge in [0.15, 0.2) is 0 Å². The van der Waals surface area contributed by atoms with Gasteiger partial charge in [0.05, 0.1) is 6.04 Å². The predicted molar refractivity (Wildman–Crippen MR) is 63.0 cm³/mol. The van der Waals surface area contributed by atoms with Gasteiger partial charge in [-0.15, -0.1) is 0 Å². The Hall–Kier alpha value is -1.30. The van der Waals surface area contributed by atoms with E-state index in [1.54, 1.807) is 6.92 Å². The molecule has 0 aliphatic heterocycles. The van der Waals surface area contributed by atoms with E-state index in [9.17, 15) is 9.59 Å². The molecule has 3 amide bonds. The number of urea groups is 1. The van der Waals surface area contributed by atoms with E-state index in [1.807, 2.05) is 0 Å². The zero-order chi connectivity index (χ0) is 12.4. The maximum atomic E-state index is 11.5. The Labute approximate surface area is 96.3 Å². The summed E-state index contributed by atoms with van der Waals surface area (Å²) < 4.78 is 0. The number of carbonyl (C=O) groups is 2. The number of carbonyl (C=O) groups excluding carboxylic acids is 2. The summed E-state index contributed by atoms with van der Waals surface area (Å²) in [7, 11) is 0. The highest BCUT2D eigenvalue weighted by atomic mass is 16.2. The molecule has 6 heteroatoms. The first kappa shape index (κ1) is 14.7. The molecule has 0 saturated heterocycles. The van der Waals surface area contributed by atoms with Gasteiger partial charge in [0.1, 0.15) is 0 Å². The van der Waals surface area contributed by atoms with Gasteiger partial charge in [0.2, 0.25) is 5.91 Å². The first-order valence-corrected chi connectivity index (χ1v) is 5.62. The molecular formula is C10H22N4O2. The third kappa shape index (κ3) is 8.05. The van der Waals surface area contributed by atoms with Crippen molar-refractivity contribution in [1.29, 1.82) is 0 Å². The maximum absolute atomic E-state index is 11.5. The minimum atomic E-state index is -0.554. The van der Waals surface area contributed by atoms with E-state index in [0.29, 0.717) is 19.6 Å². The van der Waals surface area contributed by atoms with E-state index < -0.39 is 6.03 Å². The van der Waals surface area contributed by atoms with E-state index in [-0.39, 0.29) is 11.9 Å². The van der Waals surface area contributed by atoms with Crippen molar-refractivity contribution in [2.24, 2.45) is 5.73 Å². The van der Waals surface area contributed by atoms with Crippen LogP contribution in [0.3, 0.4) is 0 Å². The van der Waals surface area contributed by atoms with Crippen molar-refractivity contribution in [3.8, 4) is 0 Å². The van der Waals surface area contributed by atoms with Crippen LogP contribution in [0.25, 0.3) is 0 Å². The Morgan fingerprint density at radius 1 is 1.19 bits per heavy atom. The molecule has 0 aliphatic rings. The number of hydrogen-bond donors (Lipinski definition) is 4. The summed E-state index contributed by atoms with van der Waals surface area (Å²) in [4.78, 5) is 21.8. The van der Waals surface area contributed by atoms with Crippen LogP contribution in [-0.2, 0) is 4.79 Å². The molecule has 0 bridgehead atoms. The summed E-state index contributed by atoms with van der Waals surface area (Å²) >= 11 is 0. The van der Waals surface area contributed by atoms with Gasteiger partial charge < -0.3 is 21.7 Å². The van der Waals surface area contributed by atoms with Gasteiger partial charge in [0.25, 0.3) is 0 Å². The smallest absolute Gasteiger partial charge is 0.312 e. The number of rotatable bonds is 8. The quantitative estimate of drug-likeness (QED) is 0.425. The summed E-state index contributed by atoms with van der Waals surface area (Å²) in [5.74, 6) is -0.0208. The van der Waals surface area contributed by atoms with Crippen LogP contribution in [0.15, 0.2) is 0 Å². The molecule has 0 heterocycles. The minimum absolute atomic E-state index is 0.0208. The lowest BCUT2D eigenvalue weighted by Gasteiger charge is -2.13. The third-order valence-electron chi connectivity index (χ3n) is 2.10. The minimum Gasteiger partial charge on any atom is -0.355 e. The van der Waals surface area contributed by atoms with Crippen LogP contribution >= 0.6 is 0 Å². The molecule has 16 heavy (non-hydrogen) atoms. The van der Waals surface area contributed by atoms with Gasteiger partial charge in [0, 0.05) is 19.6 Å². The van der Waals surface area contributed by atoms with E-state index in [1.165, 1.54) is 0 Å². The predicted octanol–water partition coefficient (Wildman–Crippen LogP) is -0.451. The van der Waals surface area contributed by atoms with E-state index in [4.69, 9.17) is 5.73 Å². The average molecular weight is 230 g/mol. The van der Waals surface area contributed by atoms with Crippen LogP contribution in [0.1, 0.15) is 26.7 Å². The van der Waals surface area contributed by atoms with Crippen molar-refractivity contribution in [3.63, 3.8) is 0 Å². The Morgan fingerprint density at radius 3 is 2.44 bits per heavy atom. The number of unbranched alkanes of at least 4 members (excludes halogenated alkanes) is 1. The number of primary amides is 1. The SMILES string of the molecule is CCCCNC(=O)C(C)NCCNC(N)=O. The van der Waals surface area contributed by atoms with E-state index >= 15 is 0 Å². The monoisotopic (exact) mass is 230 g/mol. The zero-order valence-electron chi connectivity index (χ0n) is 10.0. The van der Waals surface area contributed by atoms with Gasteiger partial charge >= 0.3 is 6.03 Å². The molecule has 0 fully saturated rings. The fourth-order valence-electron chi connectivity index (χ4n) is 1.11. The standard InChI is InChI=1S/C10H22N4O2/c1-3-4-5-13-9(15)8(2)12-6-7-14-10(11)16/h8,12H,3-7H2,1-2H3,(H,13,15)(H3,11,14,16). The van der Waals surface area contributed by atoms with Crippen LogP contribution in [0.5, 0.6) is 0 Å². The molecular weight excluding hydrogens is 208 g/mol. The maximum Gasteiger partial charge on any atom is 0.312 e. The summed E-state index contributed by atoms with van der Waals surface area (Å²) in [6.45, 7) is 5.50. The van der Waals surface area contributed by atoms with Gasteiger partial charge in [-0.3, -0.25) is 4.79 Å². The molecule has 0 aliphatic carbocycles. The summed E-state index contributed by atoms with van der Waals surface area (Å²) in [6.07, 6.45) is 2.05. The molecule has 0 aromatic heterocycles. The van der Waals surface area contributed by atoms with Crippen molar-refractivity contribution in [3.05, 3.63) is 0 Å². The first-order valence-electron chi connectivity index (χ1n) is 5.62. The second-order valence-electron chi connectivity index (χ2n) is 3.61. The Bertz CT molecular complexity index is 221. The first-order chi connectivity index (χ1) is 7.57. The number of nitrogens with one attached hydrogen (secondary N) is 3. The fraction of sp³-hybridized carbons (Fsp3) is 0.800. The lowest BCUT2D eigenvalue weighted by Crippen LogP contribution is -2.45. The summed E-state index contributed by atoms with van der Waals surface area (Å²) in [5.41, 5.74) is 4.89. The Kier molecular flexibility index (Phi) is 8.24. The van der Waals surface area contributed by atoms with Crippen LogP contribution < -0.4 is 21.7 Å². The molecule has 94 valence electrons. The molecule has 0 radical (unpaired) electrons. The largest absolute Gasteiger partial charge is 0.355 e. The molecule has 5 N–H and O–H groups in total. The second kappa shape index (κ2) is 8.96. The van der Waals surface area contributed by atoms with Crippen LogP contribution in [0.4, 0.5) is 4.79 Å². The number of hydrogen-bond acceptors (Lipinski definition) is 3. The molecule has 0 saturated carbocycles. The average Bonchev–Trinajstić information content (AvgIpc) is 2.24. The second-order valence-corrected chi connectivity index (χ2v) is 3.61. The van der Waals surface area contributed by atoms with Crippen molar-refractivity contribution in [2.75, 3.05) is 19.6 Å². The van der Waals surface area contributed by atoms with E-state index in [2.05, 4.69) is 22.9 Å². The molecule has 1 atom stereocenters. The van der Waals surface area contributed by atoms with Crippen molar-refractivity contribution >= 4 is 11.9 Å². The highest BCUT2D eigenvalue weighted by molar-refractivity contribution is 5.81.